The highest BCUT2D eigenvalue weighted by molar-refractivity contribution is 9.10. The predicted molar refractivity (Wildman–Crippen MR) is 93.3 cm³/mol. The van der Waals surface area contributed by atoms with E-state index in [-0.39, 0.29) is 0 Å². The minimum atomic E-state index is 0.620. The van der Waals surface area contributed by atoms with Gasteiger partial charge in [-0.05, 0) is 36.5 Å². The zero-order valence-corrected chi connectivity index (χ0v) is 15.6. The molecular weight excluding hydrogens is 366 g/mol. The van der Waals surface area contributed by atoms with Crippen molar-refractivity contribution in [2.75, 3.05) is 11.4 Å². The van der Waals surface area contributed by atoms with Crippen LogP contribution in [0.25, 0.3) is 0 Å². The van der Waals surface area contributed by atoms with Crippen molar-refractivity contribution >= 4 is 37.5 Å². The predicted octanol–water partition coefficient (Wildman–Crippen LogP) is 6.00. The summed E-state index contributed by atoms with van der Waals surface area (Å²) in [6.07, 6.45) is 2.38. The van der Waals surface area contributed by atoms with Crippen molar-refractivity contribution in [1.29, 1.82) is 0 Å². The van der Waals surface area contributed by atoms with Crippen LogP contribution in [-0.4, -0.2) is 12.6 Å². The molecule has 108 valence electrons. The Labute approximate surface area is 135 Å². The van der Waals surface area contributed by atoms with Crippen LogP contribution in [-0.2, 0) is 5.33 Å². The maximum Gasteiger partial charge on any atom is 0.0421 e. The van der Waals surface area contributed by atoms with Crippen LogP contribution in [0.1, 0.15) is 46.1 Å². The summed E-state index contributed by atoms with van der Waals surface area (Å²) in [6, 6.07) is 7.22. The summed E-state index contributed by atoms with van der Waals surface area (Å²) >= 11 is 7.23. The van der Waals surface area contributed by atoms with Crippen LogP contribution >= 0.6 is 31.9 Å². The zero-order valence-electron chi connectivity index (χ0n) is 12.4. The van der Waals surface area contributed by atoms with E-state index in [2.05, 4.69) is 82.7 Å². The third-order valence-corrected chi connectivity index (χ3v) is 4.54. The summed E-state index contributed by atoms with van der Waals surface area (Å²) in [7, 11) is 0. The molecule has 0 atom stereocenters. The van der Waals surface area contributed by atoms with Crippen LogP contribution in [0.3, 0.4) is 0 Å². The van der Waals surface area contributed by atoms with Gasteiger partial charge in [-0.25, -0.2) is 0 Å². The molecule has 0 saturated heterocycles. The van der Waals surface area contributed by atoms with Crippen LogP contribution in [0.5, 0.6) is 0 Å². The Balaban J connectivity index is 3.18. The molecule has 0 aromatic heterocycles. The highest BCUT2D eigenvalue weighted by Crippen LogP contribution is 2.30. The van der Waals surface area contributed by atoms with Gasteiger partial charge in [-0.1, -0.05) is 65.6 Å². The topological polar surface area (TPSA) is 3.24 Å². The lowest BCUT2D eigenvalue weighted by atomic mass is 10.0. The normalized spacial score (nSPS) is 11.4. The molecule has 1 aromatic rings. The summed E-state index contributed by atoms with van der Waals surface area (Å²) in [4.78, 5) is 2.59. The van der Waals surface area contributed by atoms with E-state index in [4.69, 9.17) is 0 Å². The molecule has 0 N–H and O–H groups in total. The van der Waals surface area contributed by atoms with Crippen LogP contribution in [0.4, 0.5) is 5.69 Å². The van der Waals surface area contributed by atoms with Crippen molar-refractivity contribution in [3.63, 3.8) is 0 Å². The SMILES string of the molecule is CCC(CC)N(CC(C)C)c1cc(Br)ccc1CBr. The Hall–Kier alpha value is -0.0200. The Bertz CT molecular complexity index is 386. The largest absolute Gasteiger partial charge is 0.368 e. The molecular formula is C16H25Br2N. The van der Waals surface area contributed by atoms with E-state index in [0.717, 1.165) is 16.3 Å². The van der Waals surface area contributed by atoms with Gasteiger partial charge in [0.25, 0.3) is 0 Å². The molecule has 19 heavy (non-hydrogen) atoms. The summed E-state index contributed by atoms with van der Waals surface area (Å²) < 4.78 is 1.16. The number of hydrogen-bond acceptors (Lipinski definition) is 1. The van der Waals surface area contributed by atoms with Gasteiger partial charge in [0, 0.05) is 28.1 Å². The van der Waals surface area contributed by atoms with Crippen molar-refractivity contribution in [3.05, 3.63) is 28.2 Å². The summed E-state index contributed by atoms with van der Waals surface area (Å²) in [5.74, 6) is 0.669. The number of rotatable bonds is 7. The summed E-state index contributed by atoms with van der Waals surface area (Å²) in [6.45, 7) is 10.3. The lowest BCUT2D eigenvalue weighted by molar-refractivity contribution is 0.506. The molecule has 3 heteroatoms. The molecule has 0 fully saturated rings. The highest BCUT2D eigenvalue weighted by atomic mass is 79.9. The van der Waals surface area contributed by atoms with Crippen molar-refractivity contribution in [2.24, 2.45) is 5.92 Å². The minimum absolute atomic E-state index is 0.620. The van der Waals surface area contributed by atoms with E-state index < -0.39 is 0 Å². The summed E-state index contributed by atoms with van der Waals surface area (Å²) in [5.41, 5.74) is 2.74. The number of hydrogen-bond donors (Lipinski definition) is 0. The molecule has 0 radical (unpaired) electrons. The second-order valence-corrected chi connectivity index (χ2v) is 6.90. The average molecular weight is 391 g/mol. The van der Waals surface area contributed by atoms with Gasteiger partial charge in [-0.3, -0.25) is 0 Å². The van der Waals surface area contributed by atoms with E-state index in [1.54, 1.807) is 0 Å². The van der Waals surface area contributed by atoms with Crippen molar-refractivity contribution in [2.45, 2.75) is 51.9 Å². The molecule has 1 rings (SSSR count). The second kappa shape index (κ2) is 8.31. The zero-order chi connectivity index (χ0) is 14.4. The first-order valence-corrected chi connectivity index (χ1v) is 9.05. The standard InChI is InChI=1S/C16H25Br2N/c1-5-15(6-2)19(11-12(3)4)16-9-14(18)8-7-13(16)10-17/h7-9,12,15H,5-6,10-11H2,1-4H3. The average Bonchev–Trinajstić information content (AvgIpc) is 2.38. The Kier molecular flexibility index (Phi) is 7.45. The van der Waals surface area contributed by atoms with E-state index in [0.29, 0.717) is 12.0 Å². The van der Waals surface area contributed by atoms with Gasteiger partial charge in [-0.15, -0.1) is 0 Å². The maximum atomic E-state index is 3.62. The number of nitrogens with zero attached hydrogens (tertiary/aromatic N) is 1. The Morgan fingerprint density at radius 3 is 2.26 bits per heavy atom. The molecule has 0 aliphatic heterocycles. The van der Waals surface area contributed by atoms with Gasteiger partial charge in [0.05, 0.1) is 0 Å². The van der Waals surface area contributed by atoms with Crippen LogP contribution in [0.2, 0.25) is 0 Å². The molecule has 0 aliphatic rings. The highest BCUT2D eigenvalue weighted by Gasteiger charge is 2.19. The second-order valence-electron chi connectivity index (χ2n) is 5.42. The van der Waals surface area contributed by atoms with Gasteiger partial charge in [-0.2, -0.15) is 0 Å². The fraction of sp³-hybridized carbons (Fsp3) is 0.625. The molecule has 0 unspecified atom stereocenters. The van der Waals surface area contributed by atoms with Crippen molar-refractivity contribution in [1.82, 2.24) is 0 Å². The molecule has 0 aliphatic carbocycles. The first-order valence-electron chi connectivity index (χ1n) is 7.14. The molecule has 0 saturated carbocycles. The molecule has 1 nitrogen and oxygen atoms in total. The fourth-order valence-electron chi connectivity index (χ4n) is 2.48. The first kappa shape index (κ1) is 17.0. The van der Waals surface area contributed by atoms with Crippen LogP contribution < -0.4 is 4.90 Å². The smallest absolute Gasteiger partial charge is 0.0421 e. The number of anilines is 1. The lowest BCUT2D eigenvalue weighted by Gasteiger charge is -2.35. The van der Waals surface area contributed by atoms with Gasteiger partial charge in [0.2, 0.25) is 0 Å². The van der Waals surface area contributed by atoms with E-state index in [9.17, 15) is 0 Å². The fourth-order valence-corrected chi connectivity index (χ4v) is 3.31. The molecule has 1 aromatic carbocycles. The van der Waals surface area contributed by atoms with Gasteiger partial charge in [0.15, 0.2) is 0 Å². The van der Waals surface area contributed by atoms with Crippen LogP contribution in [0.15, 0.2) is 22.7 Å². The number of benzene rings is 1. The molecule has 0 bridgehead atoms. The lowest BCUT2D eigenvalue weighted by Crippen LogP contribution is -2.38. The summed E-state index contributed by atoms with van der Waals surface area (Å²) in [5, 5.41) is 0.907. The molecule has 0 heterocycles. The van der Waals surface area contributed by atoms with E-state index in [1.165, 1.54) is 24.1 Å². The maximum absolute atomic E-state index is 3.62. The molecule has 0 spiro atoms. The number of alkyl halides is 1. The van der Waals surface area contributed by atoms with Gasteiger partial charge < -0.3 is 4.90 Å². The Morgan fingerprint density at radius 2 is 1.79 bits per heavy atom. The van der Waals surface area contributed by atoms with Gasteiger partial charge >= 0.3 is 0 Å². The van der Waals surface area contributed by atoms with Crippen molar-refractivity contribution < 1.29 is 0 Å². The van der Waals surface area contributed by atoms with Crippen molar-refractivity contribution in [3.8, 4) is 0 Å². The minimum Gasteiger partial charge on any atom is -0.368 e. The Morgan fingerprint density at radius 1 is 1.16 bits per heavy atom. The third kappa shape index (κ3) is 4.78. The monoisotopic (exact) mass is 389 g/mol. The first-order chi connectivity index (χ1) is 9.03. The van der Waals surface area contributed by atoms with Gasteiger partial charge in [0.1, 0.15) is 0 Å². The van der Waals surface area contributed by atoms with Crippen LogP contribution in [0, 0.1) is 5.92 Å². The number of halogens is 2. The van der Waals surface area contributed by atoms with E-state index >= 15 is 0 Å². The molecule has 0 amide bonds. The quantitative estimate of drug-likeness (QED) is 0.516. The third-order valence-electron chi connectivity index (χ3n) is 3.45. The van der Waals surface area contributed by atoms with E-state index in [1.807, 2.05) is 0 Å².